The number of aliphatic hydroxyl groups is 3. The first-order valence-corrected chi connectivity index (χ1v) is 17.1. The van der Waals surface area contributed by atoms with Crippen molar-refractivity contribution in [2.75, 3.05) is 6.61 Å². The van der Waals surface area contributed by atoms with E-state index in [0.717, 1.165) is 19.3 Å². The summed E-state index contributed by atoms with van der Waals surface area (Å²) < 4.78 is 12.3. The van der Waals surface area contributed by atoms with Crippen molar-refractivity contribution in [2.24, 2.45) is 29.1 Å². The number of carbonyl (C=O) groups is 3. The van der Waals surface area contributed by atoms with Crippen LogP contribution in [0.5, 0.6) is 0 Å². The molecule has 8 heteroatoms. The van der Waals surface area contributed by atoms with E-state index in [1.54, 1.807) is 26.0 Å². The molecule has 0 bridgehead atoms. The number of esters is 2. The Labute approximate surface area is 263 Å². The van der Waals surface area contributed by atoms with Gasteiger partial charge in [0.05, 0.1) is 12.2 Å². The highest BCUT2D eigenvalue weighted by molar-refractivity contribution is 6.04. The summed E-state index contributed by atoms with van der Waals surface area (Å²) in [5.41, 5.74) is -4.71. The molecule has 0 unspecified atom stereocenters. The van der Waals surface area contributed by atoms with E-state index in [2.05, 4.69) is 6.92 Å². The molecule has 8 nitrogen and oxygen atoms in total. The van der Waals surface area contributed by atoms with Crippen LogP contribution < -0.4 is 0 Å². The van der Waals surface area contributed by atoms with Crippen LogP contribution in [0.25, 0.3) is 0 Å². The molecular formula is C36H56O8. The maximum Gasteiger partial charge on any atom is 0.306 e. The Morgan fingerprint density at radius 2 is 1.52 bits per heavy atom. The molecule has 0 amide bonds. The number of aliphatic hydroxyl groups excluding tert-OH is 1. The highest BCUT2D eigenvalue weighted by Crippen LogP contribution is 2.77. The van der Waals surface area contributed by atoms with Gasteiger partial charge in [-0.1, -0.05) is 104 Å². The molecule has 0 aliphatic heterocycles. The van der Waals surface area contributed by atoms with Crippen molar-refractivity contribution < 1.29 is 39.2 Å². The van der Waals surface area contributed by atoms with Crippen LogP contribution in [0, 0.1) is 29.1 Å². The van der Waals surface area contributed by atoms with Crippen molar-refractivity contribution in [3.8, 4) is 0 Å². The van der Waals surface area contributed by atoms with Crippen molar-refractivity contribution >= 4 is 17.7 Å². The number of hydrogen-bond acceptors (Lipinski definition) is 8. The van der Waals surface area contributed by atoms with Crippen LogP contribution in [-0.2, 0) is 23.9 Å². The minimum Gasteiger partial charge on any atom is -0.458 e. The van der Waals surface area contributed by atoms with Crippen LogP contribution in [0.3, 0.4) is 0 Å². The molecule has 8 atom stereocenters. The van der Waals surface area contributed by atoms with Crippen LogP contribution in [0.4, 0.5) is 0 Å². The van der Waals surface area contributed by atoms with Gasteiger partial charge in [-0.15, -0.1) is 0 Å². The van der Waals surface area contributed by atoms with Crippen molar-refractivity contribution in [1.82, 2.24) is 0 Å². The molecule has 0 aromatic rings. The van der Waals surface area contributed by atoms with Crippen molar-refractivity contribution in [3.63, 3.8) is 0 Å². The summed E-state index contributed by atoms with van der Waals surface area (Å²) in [5, 5.41) is 34.8. The molecule has 248 valence electrons. The normalized spacial score (nSPS) is 36.8. The van der Waals surface area contributed by atoms with Crippen LogP contribution >= 0.6 is 0 Å². The second-order valence-corrected chi connectivity index (χ2v) is 14.7. The fourth-order valence-electron chi connectivity index (χ4n) is 9.20. The van der Waals surface area contributed by atoms with E-state index in [1.807, 2.05) is 13.8 Å². The molecule has 4 aliphatic rings. The molecular weight excluding hydrogens is 560 g/mol. The lowest BCUT2D eigenvalue weighted by molar-refractivity contribution is -0.228. The number of ether oxygens (including phenoxy) is 2. The topological polar surface area (TPSA) is 130 Å². The van der Waals surface area contributed by atoms with E-state index >= 15 is 0 Å². The zero-order chi connectivity index (χ0) is 32.5. The first-order chi connectivity index (χ1) is 20.7. The summed E-state index contributed by atoms with van der Waals surface area (Å²) in [4.78, 5) is 39.1. The monoisotopic (exact) mass is 616 g/mol. The molecule has 0 saturated heterocycles. The van der Waals surface area contributed by atoms with E-state index in [1.165, 1.54) is 51.9 Å². The molecule has 0 aromatic heterocycles. The third kappa shape index (κ3) is 5.84. The summed E-state index contributed by atoms with van der Waals surface area (Å²) in [6, 6.07) is 0. The van der Waals surface area contributed by atoms with Gasteiger partial charge in [-0.3, -0.25) is 14.4 Å². The van der Waals surface area contributed by atoms with Gasteiger partial charge < -0.3 is 24.8 Å². The van der Waals surface area contributed by atoms with Gasteiger partial charge in [0.15, 0.2) is 11.4 Å². The Hall–Kier alpha value is -2.03. The zero-order valence-corrected chi connectivity index (χ0v) is 27.8. The lowest BCUT2D eigenvalue weighted by Gasteiger charge is -2.53. The largest absolute Gasteiger partial charge is 0.458 e. The number of carbonyl (C=O) groups excluding carboxylic acids is 3. The minimum absolute atomic E-state index is 0.108. The molecule has 4 rings (SSSR count). The highest BCUT2D eigenvalue weighted by atomic mass is 16.6. The standard InChI is InChI=1S/C36H56O8/c1-7-8-9-10-11-12-13-14-15-16-17-18-29(39)43-32-24(3)35(42)27(30-33(5,6)36(30,32)44-25(4)38)20-26(22-37)21-34(41)28(35)19-23(2)31(34)40/h19-20,24,27-28,30,32,37,41-42H,7-18,21-22H2,1-6H3/t24-,27+,28-,30-,32+,34-,35-,36+/m1/s1. The summed E-state index contributed by atoms with van der Waals surface area (Å²) in [6.45, 7) is 10.4. The average molecular weight is 617 g/mol. The maximum absolute atomic E-state index is 13.3. The lowest BCUT2D eigenvalue weighted by atomic mass is 9.59. The number of ketones is 1. The fraction of sp³-hybridized carbons (Fsp3) is 0.806. The minimum atomic E-state index is -1.93. The molecule has 4 aliphatic carbocycles. The number of unbranched alkanes of at least 4 members (excludes halogenated alkanes) is 10. The van der Waals surface area contributed by atoms with Gasteiger partial charge in [-0.25, -0.2) is 0 Å². The summed E-state index contributed by atoms with van der Waals surface area (Å²) in [7, 11) is 0. The van der Waals surface area contributed by atoms with Gasteiger partial charge in [0.25, 0.3) is 0 Å². The number of Topliss-reactive ketones (excluding diaryl/α,β-unsaturated/α-hetero) is 1. The van der Waals surface area contributed by atoms with E-state index in [4.69, 9.17) is 9.47 Å². The van der Waals surface area contributed by atoms with Gasteiger partial charge in [-0.2, -0.15) is 0 Å². The van der Waals surface area contributed by atoms with E-state index in [9.17, 15) is 29.7 Å². The molecule has 0 radical (unpaired) electrons. The average Bonchev–Trinajstić information content (AvgIpc) is 3.38. The number of hydrogen-bond donors (Lipinski definition) is 3. The first-order valence-electron chi connectivity index (χ1n) is 17.1. The lowest BCUT2D eigenvalue weighted by Crippen LogP contribution is -2.66. The molecule has 0 aromatic carbocycles. The molecule has 2 fully saturated rings. The van der Waals surface area contributed by atoms with E-state index in [-0.39, 0.29) is 19.4 Å². The van der Waals surface area contributed by atoms with Gasteiger partial charge in [-0.05, 0) is 24.5 Å². The Kier molecular flexibility index (Phi) is 10.6. The molecule has 3 N–H and O–H groups in total. The van der Waals surface area contributed by atoms with Crippen LogP contribution in [-0.4, -0.2) is 62.6 Å². The Morgan fingerprint density at radius 3 is 2.07 bits per heavy atom. The second kappa shape index (κ2) is 13.4. The molecule has 44 heavy (non-hydrogen) atoms. The third-order valence-corrected chi connectivity index (χ3v) is 11.5. The van der Waals surface area contributed by atoms with E-state index < -0.39 is 69.7 Å². The predicted molar refractivity (Wildman–Crippen MR) is 167 cm³/mol. The van der Waals surface area contributed by atoms with Crippen LogP contribution in [0.1, 0.15) is 125 Å². The summed E-state index contributed by atoms with van der Waals surface area (Å²) in [6.07, 6.45) is 15.4. The van der Waals surface area contributed by atoms with Crippen molar-refractivity contribution in [2.45, 2.75) is 148 Å². The van der Waals surface area contributed by atoms with E-state index in [0.29, 0.717) is 17.6 Å². The summed E-state index contributed by atoms with van der Waals surface area (Å²) in [5.74, 6) is -4.29. The SMILES string of the molecule is CCCCCCCCCCCCCC(=O)O[C@H]1[C@@H](C)[C@@]2(O)[C@@H](C=C(CO)C[C@]3(O)C(=O)C(C)=C[C@@H]23)[C@@H]2C(C)(C)[C@]21OC(C)=O. The number of rotatable bonds is 15. The van der Waals surface area contributed by atoms with Crippen molar-refractivity contribution in [1.29, 1.82) is 0 Å². The first kappa shape index (κ1) is 34.8. The second-order valence-electron chi connectivity index (χ2n) is 14.7. The fourth-order valence-corrected chi connectivity index (χ4v) is 9.20. The predicted octanol–water partition coefficient (Wildman–Crippen LogP) is 5.75. The zero-order valence-electron chi connectivity index (χ0n) is 27.8. The quantitative estimate of drug-likeness (QED) is 0.120. The van der Waals surface area contributed by atoms with Crippen molar-refractivity contribution in [3.05, 3.63) is 23.3 Å². The summed E-state index contributed by atoms with van der Waals surface area (Å²) >= 11 is 0. The Balaban J connectivity index is 1.51. The van der Waals surface area contributed by atoms with Gasteiger partial charge >= 0.3 is 11.9 Å². The Morgan fingerprint density at radius 1 is 0.955 bits per heavy atom. The maximum atomic E-state index is 13.3. The van der Waals surface area contributed by atoms with Gasteiger partial charge in [0.2, 0.25) is 0 Å². The van der Waals surface area contributed by atoms with Gasteiger partial charge in [0.1, 0.15) is 11.7 Å². The molecule has 2 saturated carbocycles. The van der Waals surface area contributed by atoms with Crippen LogP contribution in [0.15, 0.2) is 23.3 Å². The molecule has 0 spiro atoms. The van der Waals surface area contributed by atoms with Crippen LogP contribution in [0.2, 0.25) is 0 Å². The number of fused-ring (bicyclic) bond motifs is 5. The highest BCUT2D eigenvalue weighted by Gasteiger charge is 2.87. The van der Waals surface area contributed by atoms with Gasteiger partial charge in [0, 0.05) is 48.9 Å². The Bertz CT molecular complexity index is 1150. The molecule has 0 heterocycles. The third-order valence-electron chi connectivity index (χ3n) is 11.5. The smallest absolute Gasteiger partial charge is 0.306 e.